The van der Waals surface area contributed by atoms with Crippen LogP contribution in [0.2, 0.25) is 0 Å². The maximum atomic E-state index is 13.5. The van der Waals surface area contributed by atoms with E-state index >= 15 is 0 Å². The number of carbonyl (C=O) groups is 4. The molecule has 0 spiro atoms. The molecule has 9 heteroatoms. The van der Waals surface area contributed by atoms with Crippen molar-refractivity contribution >= 4 is 34.3 Å². The molecule has 3 aromatic carbocycles. The number of hydrogen-bond donors (Lipinski definition) is 1. The van der Waals surface area contributed by atoms with Crippen LogP contribution in [0.3, 0.4) is 0 Å². The van der Waals surface area contributed by atoms with Crippen LogP contribution in [0.25, 0.3) is 10.9 Å². The second-order valence-corrected chi connectivity index (χ2v) is 11.2. The lowest BCUT2D eigenvalue weighted by Crippen LogP contribution is -2.51. The number of Topliss-reactive ketones (excluding diaryl/α,β-unsaturated/α-hetero) is 2. The van der Waals surface area contributed by atoms with Gasteiger partial charge in [-0.3, -0.25) is 29.0 Å². The van der Waals surface area contributed by atoms with E-state index < -0.39 is 11.7 Å². The van der Waals surface area contributed by atoms with Crippen LogP contribution >= 0.6 is 0 Å². The van der Waals surface area contributed by atoms with Crippen molar-refractivity contribution in [2.24, 2.45) is 0 Å². The molecule has 2 aliphatic rings. The van der Waals surface area contributed by atoms with Crippen LogP contribution in [0.4, 0.5) is 0 Å². The number of para-hydroxylation sites is 1. The maximum Gasteiger partial charge on any atom is 0.295 e. The van der Waals surface area contributed by atoms with Crippen molar-refractivity contribution in [3.63, 3.8) is 0 Å². The highest BCUT2D eigenvalue weighted by molar-refractivity contribution is 6.45. The lowest BCUT2D eigenvalue weighted by molar-refractivity contribution is -0.128. The Kier molecular flexibility index (Phi) is 8.44. The Hall–Kier alpha value is -4.60. The minimum atomic E-state index is -0.598. The Morgan fingerprint density at radius 2 is 1.26 bits per heavy atom. The molecule has 1 aromatic heterocycles. The highest BCUT2D eigenvalue weighted by Crippen LogP contribution is 2.25. The number of carbonyl (C=O) groups excluding carboxylic acids is 4. The van der Waals surface area contributed by atoms with Gasteiger partial charge < -0.3 is 14.8 Å². The van der Waals surface area contributed by atoms with Gasteiger partial charge in [0.1, 0.15) is 0 Å². The molecule has 0 radical (unpaired) electrons. The highest BCUT2D eigenvalue weighted by Gasteiger charge is 2.30. The predicted octanol–water partition coefficient (Wildman–Crippen LogP) is 3.34. The summed E-state index contributed by atoms with van der Waals surface area (Å²) in [5.41, 5.74) is 3.25. The van der Waals surface area contributed by atoms with E-state index in [2.05, 4.69) is 22.0 Å². The summed E-state index contributed by atoms with van der Waals surface area (Å²) < 4.78 is 0. The molecule has 2 fully saturated rings. The number of nitrogens with one attached hydrogen (secondary N) is 1. The fourth-order valence-electron chi connectivity index (χ4n) is 5.93. The van der Waals surface area contributed by atoms with Crippen LogP contribution in [-0.2, 0) is 11.3 Å². The Labute approximate surface area is 250 Å². The van der Waals surface area contributed by atoms with Gasteiger partial charge in [-0.2, -0.15) is 0 Å². The normalized spacial score (nSPS) is 16.4. The minimum absolute atomic E-state index is 0.0367. The summed E-state index contributed by atoms with van der Waals surface area (Å²) in [5.74, 6) is -1.21. The SMILES string of the molecule is O=C(CN1CCN(C(=O)C(=O)c2c[nH]c3c(C(=O)N4CCN(Cc5ccccc5)CC4)cccc23)CC1)c1ccccc1. The summed E-state index contributed by atoms with van der Waals surface area (Å²) >= 11 is 0. The number of benzene rings is 3. The summed E-state index contributed by atoms with van der Waals surface area (Å²) in [7, 11) is 0. The molecule has 0 unspecified atom stereocenters. The number of piperazine rings is 2. The standard InChI is InChI=1S/C34H35N5O4/c40-30(26-10-5-2-6-11-26)24-37-16-20-39(21-17-37)34(43)32(41)29-22-35-31-27(29)12-7-13-28(31)33(42)38-18-14-36(15-19-38)23-25-8-3-1-4-9-25/h1-13,22,35H,14-21,23-24H2. The number of aromatic nitrogens is 1. The summed E-state index contributed by atoms with van der Waals surface area (Å²) in [6, 6.07) is 24.8. The molecule has 0 atom stereocenters. The van der Waals surface area contributed by atoms with Gasteiger partial charge in [0.05, 0.1) is 23.2 Å². The fraction of sp³-hybridized carbons (Fsp3) is 0.294. The van der Waals surface area contributed by atoms with E-state index in [-0.39, 0.29) is 23.8 Å². The zero-order chi connectivity index (χ0) is 29.8. The Morgan fingerprint density at radius 3 is 1.95 bits per heavy atom. The first kappa shape index (κ1) is 28.5. The summed E-state index contributed by atoms with van der Waals surface area (Å²) in [6.45, 7) is 5.72. The maximum absolute atomic E-state index is 13.5. The van der Waals surface area contributed by atoms with Crippen molar-refractivity contribution in [3.05, 3.63) is 107 Å². The molecule has 2 amide bonds. The molecule has 9 nitrogen and oxygen atoms in total. The number of H-pyrrole nitrogens is 1. The first-order valence-corrected chi connectivity index (χ1v) is 14.8. The largest absolute Gasteiger partial charge is 0.360 e. The van der Waals surface area contributed by atoms with E-state index in [1.807, 2.05) is 46.2 Å². The number of amides is 2. The smallest absolute Gasteiger partial charge is 0.295 e. The lowest BCUT2D eigenvalue weighted by atomic mass is 10.0. The molecule has 2 saturated heterocycles. The molecule has 6 rings (SSSR count). The van der Waals surface area contributed by atoms with E-state index in [9.17, 15) is 19.2 Å². The Balaban J connectivity index is 1.06. The molecule has 0 aliphatic carbocycles. The van der Waals surface area contributed by atoms with Crippen molar-refractivity contribution in [1.82, 2.24) is 24.6 Å². The topological polar surface area (TPSA) is 97.0 Å². The molecule has 220 valence electrons. The number of rotatable bonds is 8. The van der Waals surface area contributed by atoms with Gasteiger partial charge in [-0.05, 0) is 11.6 Å². The van der Waals surface area contributed by atoms with Crippen molar-refractivity contribution in [3.8, 4) is 0 Å². The molecular weight excluding hydrogens is 542 g/mol. The number of fused-ring (bicyclic) bond motifs is 1. The average Bonchev–Trinajstić information content (AvgIpc) is 3.50. The van der Waals surface area contributed by atoms with E-state index in [1.54, 1.807) is 35.2 Å². The molecule has 1 N–H and O–H groups in total. The van der Waals surface area contributed by atoms with E-state index in [1.165, 1.54) is 11.8 Å². The molecule has 0 saturated carbocycles. The van der Waals surface area contributed by atoms with Gasteiger partial charge >= 0.3 is 0 Å². The van der Waals surface area contributed by atoms with Crippen LogP contribution in [0.15, 0.2) is 85.1 Å². The molecule has 43 heavy (non-hydrogen) atoms. The van der Waals surface area contributed by atoms with Gasteiger partial charge in [-0.1, -0.05) is 72.8 Å². The molecular formula is C34H35N5O4. The Bertz CT molecular complexity index is 1620. The Morgan fingerprint density at radius 1 is 0.628 bits per heavy atom. The van der Waals surface area contributed by atoms with Crippen molar-refractivity contribution in [2.45, 2.75) is 6.54 Å². The summed E-state index contributed by atoms with van der Waals surface area (Å²) in [4.78, 5) is 63.5. The van der Waals surface area contributed by atoms with Crippen molar-refractivity contribution < 1.29 is 19.2 Å². The van der Waals surface area contributed by atoms with Crippen LogP contribution in [0, 0.1) is 0 Å². The third-order valence-corrected chi connectivity index (χ3v) is 8.42. The monoisotopic (exact) mass is 577 g/mol. The zero-order valence-electron chi connectivity index (χ0n) is 24.1. The van der Waals surface area contributed by atoms with Gasteiger partial charge in [0.25, 0.3) is 17.6 Å². The molecule has 0 bridgehead atoms. The fourth-order valence-corrected chi connectivity index (χ4v) is 5.93. The van der Waals surface area contributed by atoms with Crippen molar-refractivity contribution in [2.75, 3.05) is 58.9 Å². The molecule has 3 heterocycles. The first-order valence-electron chi connectivity index (χ1n) is 14.8. The van der Waals surface area contributed by atoms with Crippen LogP contribution in [0.5, 0.6) is 0 Å². The molecule has 2 aliphatic heterocycles. The van der Waals surface area contributed by atoms with Crippen LogP contribution < -0.4 is 0 Å². The average molecular weight is 578 g/mol. The second-order valence-electron chi connectivity index (χ2n) is 11.2. The number of ketones is 2. The van der Waals surface area contributed by atoms with Crippen molar-refractivity contribution in [1.29, 1.82) is 0 Å². The summed E-state index contributed by atoms with van der Waals surface area (Å²) in [5, 5.41) is 0.569. The van der Waals surface area contributed by atoms with Crippen LogP contribution in [0.1, 0.15) is 36.6 Å². The predicted molar refractivity (Wildman–Crippen MR) is 164 cm³/mol. The second kappa shape index (κ2) is 12.7. The van der Waals surface area contributed by atoms with Gasteiger partial charge in [-0.15, -0.1) is 0 Å². The molecule has 4 aromatic rings. The number of aromatic amines is 1. The summed E-state index contributed by atoms with van der Waals surface area (Å²) in [6.07, 6.45) is 1.54. The number of hydrogen-bond acceptors (Lipinski definition) is 6. The minimum Gasteiger partial charge on any atom is -0.360 e. The van der Waals surface area contributed by atoms with Crippen LogP contribution in [-0.4, -0.2) is 107 Å². The number of nitrogens with zero attached hydrogens (tertiary/aromatic N) is 4. The van der Waals surface area contributed by atoms with Gasteiger partial charge in [0, 0.05) is 76.0 Å². The third-order valence-electron chi connectivity index (χ3n) is 8.42. The van der Waals surface area contributed by atoms with E-state index in [4.69, 9.17) is 0 Å². The zero-order valence-corrected chi connectivity index (χ0v) is 24.1. The first-order chi connectivity index (χ1) is 21.0. The highest BCUT2D eigenvalue weighted by atomic mass is 16.2. The van der Waals surface area contributed by atoms with Gasteiger partial charge in [0.15, 0.2) is 5.78 Å². The van der Waals surface area contributed by atoms with E-state index in [0.29, 0.717) is 61.3 Å². The third kappa shape index (κ3) is 6.28. The van der Waals surface area contributed by atoms with E-state index in [0.717, 1.165) is 19.6 Å². The quantitative estimate of drug-likeness (QED) is 0.255. The van der Waals surface area contributed by atoms with Gasteiger partial charge in [-0.25, -0.2) is 0 Å². The van der Waals surface area contributed by atoms with Gasteiger partial charge in [0.2, 0.25) is 0 Å². The lowest BCUT2D eigenvalue weighted by Gasteiger charge is -2.35.